The molecule has 0 aliphatic carbocycles. The molecule has 21 heavy (non-hydrogen) atoms. The van der Waals surface area contributed by atoms with Crippen LogP contribution >= 0.6 is 23.2 Å². The van der Waals surface area contributed by atoms with E-state index in [0.717, 1.165) is 25.7 Å². The summed E-state index contributed by atoms with van der Waals surface area (Å²) in [5.74, 6) is 0.447. The smallest absolute Gasteiger partial charge is 0.156 e. The van der Waals surface area contributed by atoms with Crippen molar-refractivity contribution in [2.45, 2.75) is 45.6 Å². The molecule has 0 saturated heterocycles. The third-order valence-electron chi connectivity index (χ3n) is 2.55. The number of rotatable bonds is 9. The molecule has 1 N–H and O–H groups in total. The Balaban J connectivity index is 2.16. The maximum atomic E-state index is 9.32. The van der Waals surface area contributed by atoms with E-state index in [2.05, 4.69) is 5.16 Å². The van der Waals surface area contributed by atoms with Crippen LogP contribution in [0.5, 0.6) is 11.5 Å². The minimum absolute atomic E-state index is 0.0280. The number of hydrogen-bond donors (Lipinski definition) is 1. The van der Waals surface area contributed by atoms with Crippen LogP contribution in [0.2, 0.25) is 10.0 Å². The van der Waals surface area contributed by atoms with E-state index in [0.29, 0.717) is 22.4 Å². The minimum Gasteiger partial charge on any atom is -0.508 e. The number of aromatic hydroxyl groups is 1. The summed E-state index contributed by atoms with van der Waals surface area (Å²) in [6, 6.07) is 2.82. The lowest BCUT2D eigenvalue weighted by atomic mass is 10.2. The van der Waals surface area contributed by atoms with Gasteiger partial charge in [0, 0.05) is 18.3 Å². The summed E-state index contributed by atoms with van der Waals surface area (Å²) in [4.78, 5) is 5.06. The Morgan fingerprint density at radius 2 is 1.86 bits per heavy atom. The van der Waals surface area contributed by atoms with Crippen LogP contribution in [0.15, 0.2) is 17.3 Å². The molecule has 6 heteroatoms. The van der Waals surface area contributed by atoms with Crippen molar-refractivity contribution in [2.24, 2.45) is 5.16 Å². The van der Waals surface area contributed by atoms with Crippen molar-refractivity contribution in [3.63, 3.8) is 0 Å². The van der Waals surface area contributed by atoms with Crippen LogP contribution in [-0.2, 0) is 4.84 Å². The first kappa shape index (κ1) is 17.9. The predicted molar refractivity (Wildman–Crippen MR) is 86.8 cm³/mol. The molecule has 118 valence electrons. The molecule has 0 saturated carbocycles. The van der Waals surface area contributed by atoms with Crippen LogP contribution in [0.3, 0.4) is 0 Å². The number of oxime groups is 1. The van der Waals surface area contributed by atoms with Crippen LogP contribution in [0.1, 0.15) is 39.5 Å². The summed E-state index contributed by atoms with van der Waals surface area (Å²) in [6.45, 7) is 4.41. The Hall–Kier alpha value is -1.13. The third-order valence-corrected chi connectivity index (χ3v) is 3.11. The Kier molecular flexibility index (Phi) is 8.31. The molecule has 1 aromatic rings. The molecule has 0 unspecified atom stereocenters. The van der Waals surface area contributed by atoms with E-state index in [1.807, 2.05) is 13.8 Å². The van der Waals surface area contributed by atoms with E-state index in [1.54, 1.807) is 6.21 Å². The highest BCUT2D eigenvalue weighted by Crippen LogP contribution is 2.36. The molecule has 0 radical (unpaired) electrons. The van der Waals surface area contributed by atoms with Gasteiger partial charge >= 0.3 is 0 Å². The highest BCUT2D eigenvalue weighted by Gasteiger charge is 2.09. The van der Waals surface area contributed by atoms with Crippen LogP contribution < -0.4 is 4.74 Å². The Morgan fingerprint density at radius 1 is 1.19 bits per heavy atom. The van der Waals surface area contributed by atoms with Crippen molar-refractivity contribution >= 4 is 29.4 Å². The highest BCUT2D eigenvalue weighted by molar-refractivity contribution is 6.37. The average Bonchev–Trinajstić information content (AvgIpc) is 2.38. The lowest BCUT2D eigenvalue weighted by molar-refractivity contribution is 0.0867. The number of benzene rings is 1. The molecule has 0 aliphatic heterocycles. The summed E-state index contributed by atoms with van der Waals surface area (Å²) in [7, 11) is 0. The van der Waals surface area contributed by atoms with Gasteiger partial charge in [-0.3, -0.25) is 0 Å². The zero-order valence-electron chi connectivity index (χ0n) is 12.3. The van der Waals surface area contributed by atoms with Crippen molar-refractivity contribution in [3.8, 4) is 11.5 Å². The number of phenolic OH excluding ortho intramolecular Hbond substituents is 1. The summed E-state index contributed by atoms with van der Waals surface area (Å²) < 4.78 is 5.55. The first-order chi connectivity index (χ1) is 10.0. The molecule has 0 atom stereocenters. The van der Waals surface area contributed by atoms with Gasteiger partial charge in [0.25, 0.3) is 0 Å². The van der Waals surface area contributed by atoms with Gasteiger partial charge in [-0.05, 0) is 39.5 Å². The molecule has 4 nitrogen and oxygen atoms in total. The van der Waals surface area contributed by atoms with Crippen molar-refractivity contribution in [1.29, 1.82) is 0 Å². The zero-order chi connectivity index (χ0) is 15.7. The Morgan fingerprint density at radius 3 is 2.48 bits per heavy atom. The normalized spacial score (nSPS) is 11.3. The molecule has 0 spiro atoms. The summed E-state index contributed by atoms with van der Waals surface area (Å²) in [6.07, 6.45) is 5.72. The second-order valence-electron chi connectivity index (χ2n) is 4.88. The van der Waals surface area contributed by atoms with Gasteiger partial charge in [0.1, 0.15) is 11.9 Å². The van der Waals surface area contributed by atoms with Gasteiger partial charge in [-0.2, -0.15) is 0 Å². The fraction of sp³-hybridized carbons (Fsp3) is 0.533. The third kappa shape index (κ3) is 7.44. The Labute approximate surface area is 135 Å². The van der Waals surface area contributed by atoms with Crippen LogP contribution in [0.4, 0.5) is 0 Å². The quantitative estimate of drug-likeness (QED) is 0.391. The second-order valence-corrected chi connectivity index (χ2v) is 5.69. The number of nitrogens with zero attached hydrogens (tertiary/aromatic N) is 1. The van der Waals surface area contributed by atoms with Gasteiger partial charge in [-0.25, -0.2) is 0 Å². The molecular weight excluding hydrogens is 313 g/mol. The molecule has 0 amide bonds. The first-order valence-corrected chi connectivity index (χ1v) is 7.74. The number of unbranched alkanes of at least 4 members (excludes halogenated alkanes) is 3. The molecule has 1 rings (SSSR count). The molecule has 0 bridgehead atoms. The van der Waals surface area contributed by atoms with E-state index in [9.17, 15) is 5.11 Å². The largest absolute Gasteiger partial charge is 0.508 e. The average molecular weight is 334 g/mol. The van der Waals surface area contributed by atoms with Gasteiger partial charge in [0.05, 0.1) is 16.7 Å². The second kappa shape index (κ2) is 9.74. The summed E-state index contributed by atoms with van der Waals surface area (Å²) in [5, 5.41) is 13.8. The standard InChI is InChI=1S/C15H21Cl2NO3/c1-11(2)21-18-7-5-3-4-6-8-20-15-13(16)9-12(19)10-14(15)17/h7,9-11,19H,3-6,8H2,1-2H3/b18-7+. The molecule has 0 fully saturated rings. The van der Waals surface area contributed by atoms with E-state index in [4.69, 9.17) is 32.8 Å². The maximum absolute atomic E-state index is 9.32. The minimum atomic E-state index is 0.0280. The Bertz CT molecular complexity index is 441. The molecule has 0 aromatic heterocycles. The van der Waals surface area contributed by atoms with Crippen LogP contribution in [0, 0.1) is 0 Å². The van der Waals surface area contributed by atoms with E-state index < -0.39 is 0 Å². The van der Waals surface area contributed by atoms with Crippen molar-refractivity contribution in [1.82, 2.24) is 0 Å². The lowest BCUT2D eigenvalue weighted by Gasteiger charge is -2.10. The van der Waals surface area contributed by atoms with Gasteiger partial charge in [0.15, 0.2) is 5.75 Å². The molecule has 1 aromatic carbocycles. The number of hydrogen-bond acceptors (Lipinski definition) is 4. The van der Waals surface area contributed by atoms with Gasteiger partial charge in [-0.1, -0.05) is 28.4 Å². The lowest BCUT2D eigenvalue weighted by Crippen LogP contribution is -1.99. The van der Waals surface area contributed by atoms with E-state index in [1.165, 1.54) is 12.1 Å². The van der Waals surface area contributed by atoms with Crippen molar-refractivity contribution in [2.75, 3.05) is 6.61 Å². The zero-order valence-corrected chi connectivity index (χ0v) is 13.8. The van der Waals surface area contributed by atoms with Gasteiger partial charge in [0.2, 0.25) is 0 Å². The first-order valence-electron chi connectivity index (χ1n) is 6.99. The van der Waals surface area contributed by atoms with Gasteiger partial charge < -0.3 is 14.7 Å². The number of ether oxygens (including phenoxy) is 1. The SMILES string of the molecule is CC(C)O/N=C/CCCCCOc1c(Cl)cc(O)cc1Cl. The molecule has 0 heterocycles. The molecular formula is C15H21Cl2NO3. The highest BCUT2D eigenvalue weighted by atomic mass is 35.5. The topological polar surface area (TPSA) is 51.0 Å². The monoisotopic (exact) mass is 333 g/mol. The number of halogens is 2. The fourth-order valence-electron chi connectivity index (χ4n) is 1.59. The predicted octanol–water partition coefficient (Wildman–Crippen LogP) is 5.05. The maximum Gasteiger partial charge on any atom is 0.156 e. The van der Waals surface area contributed by atoms with Crippen LogP contribution in [0.25, 0.3) is 0 Å². The van der Waals surface area contributed by atoms with Gasteiger partial charge in [-0.15, -0.1) is 0 Å². The van der Waals surface area contributed by atoms with Crippen molar-refractivity contribution < 1.29 is 14.7 Å². The van der Waals surface area contributed by atoms with Crippen molar-refractivity contribution in [3.05, 3.63) is 22.2 Å². The van der Waals surface area contributed by atoms with Crippen LogP contribution in [-0.4, -0.2) is 24.0 Å². The van der Waals surface area contributed by atoms with E-state index >= 15 is 0 Å². The molecule has 0 aliphatic rings. The number of phenols is 1. The summed E-state index contributed by atoms with van der Waals surface area (Å²) in [5.41, 5.74) is 0. The summed E-state index contributed by atoms with van der Waals surface area (Å²) >= 11 is 11.9. The fourth-order valence-corrected chi connectivity index (χ4v) is 2.18. The van der Waals surface area contributed by atoms with E-state index in [-0.39, 0.29) is 11.9 Å².